The molecule has 0 spiro atoms. The number of imide groups is 1. The number of amides is 2. The van der Waals surface area contributed by atoms with Crippen molar-refractivity contribution >= 4 is 39.8 Å². The quantitative estimate of drug-likeness (QED) is 0.105. The molecule has 0 bridgehead atoms. The van der Waals surface area contributed by atoms with E-state index in [1.165, 1.54) is 10.1 Å². The van der Waals surface area contributed by atoms with Gasteiger partial charge in [-0.1, -0.05) is 30.3 Å². The number of alkyl halides is 3. The van der Waals surface area contributed by atoms with Gasteiger partial charge in [0.15, 0.2) is 0 Å². The SMILES string of the molecule is Cn1c(=O)n([C@H]2CCC(=O)NC2=O)c2ccc(CCCOCCN3CC(N4CCN(Cc5ccc(-c6c[nH]c7nc(NCCC(F)(F)F)ncc67)cc5)CC4)C3)cc21. The van der Waals surface area contributed by atoms with Gasteiger partial charge in [0.05, 0.1) is 24.1 Å². The van der Waals surface area contributed by atoms with Crippen molar-refractivity contribution in [1.82, 2.24) is 44.1 Å². The maximum Gasteiger partial charge on any atom is 0.390 e. The van der Waals surface area contributed by atoms with E-state index in [-0.39, 0.29) is 30.5 Å². The highest BCUT2D eigenvalue weighted by Gasteiger charge is 2.34. The first kappa shape index (κ1) is 39.7. The van der Waals surface area contributed by atoms with Crippen molar-refractivity contribution in [2.45, 2.75) is 56.9 Å². The maximum absolute atomic E-state index is 13.0. The van der Waals surface area contributed by atoms with Gasteiger partial charge >= 0.3 is 11.9 Å². The van der Waals surface area contributed by atoms with E-state index in [1.54, 1.807) is 17.8 Å². The second-order valence-electron chi connectivity index (χ2n) is 15.6. The predicted molar refractivity (Wildman–Crippen MR) is 213 cm³/mol. The summed E-state index contributed by atoms with van der Waals surface area (Å²) in [6.07, 6.45) is 0.533. The van der Waals surface area contributed by atoms with Crippen LogP contribution in [-0.2, 0) is 34.3 Å². The zero-order valence-electron chi connectivity index (χ0n) is 32.6. The highest BCUT2D eigenvalue weighted by Crippen LogP contribution is 2.29. The van der Waals surface area contributed by atoms with Gasteiger partial charge in [0, 0.05) is 108 Å². The summed E-state index contributed by atoms with van der Waals surface area (Å²) in [4.78, 5) is 56.4. The molecule has 3 N–H and O–H groups in total. The molecule has 5 aromatic rings. The van der Waals surface area contributed by atoms with Gasteiger partial charge in [-0.15, -0.1) is 0 Å². The number of aryl methyl sites for hydroxylation is 2. The molecule has 58 heavy (non-hydrogen) atoms. The third-order valence-electron chi connectivity index (χ3n) is 11.6. The summed E-state index contributed by atoms with van der Waals surface area (Å²) in [5, 5.41) is 5.81. The molecule has 3 fully saturated rings. The minimum absolute atomic E-state index is 0.164. The normalized spacial score (nSPS) is 18.9. The number of hydrogen-bond donors (Lipinski definition) is 3. The fraction of sp³-hybridized carbons (Fsp3) is 0.488. The van der Waals surface area contributed by atoms with Crippen molar-refractivity contribution in [2.24, 2.45) is 7.05 Å². The lowest BCUT2D eigenvalue weighted by Gasteiger charge is -2.48. The number of rotatable bonds is 15. The Hall–Kier alpha value is -5.10. The Kier molecular flexibility index (Phi) is 11.6. The zero-order valence-corrected chi connectivity index (χ0v) is 32.6. The van der Waals surface area contributed by atoms with Crippen LogP contribution in [0.3, 0.4) is 0 Å². The molecule has 3 aromatic heterocycles. The number of piperazine rings is 1. The Labute approximate surface area is 333 Å². The van der Waals surface area contributed by atoms with Crippen LogP contribution in [0.15, 0.2) is 59.7 Å². The Morgan fingerprint density at radius 1 is 0.948 bits per heavy atom. The fourth-order valence-corrected chi connectivity index (χ4v) is 8.31. The molecule has 17 heteroatoms. The Morgan fingerprint density at radius 2 is 1.72 bits per heavy atom. The molecule has 0 saturated carbocycles. The molecule has 2 amide bonds. The van der Waals surface area contributed by atoms with Crippen LogP contribution in [0.4, 0.5) is 19.1 Å². The molecule has 0 aliphatic carbocycles. The van der Waals surface area contributed by atoms with Crippen LogP contribution in [0, 0.1) is 0 Å². The number of nitrogens with one attached hydrogen (secondary N) is 3. The van der Waals surface area contributed by atoms with E-state index >= 15 is 0 Å². The van der Waals surface area contributed by atoms with Gasteiger partial charge in [-0.2, -0.15) is 18.2 Å². The molecular formula is C41H49F3N10O4. The van der Waals surface area contributed by atoms with E-state index in [0.717, 1.165) is 92.8 Å². The highest BCUT2D eigenvalue weighted by atomic mass is 19.4. The molecule has 0 radical (unpaired) electrons. The Bertz CT molecular complexity index is 2310. The van der Waals surface area contributed by atoms with Crippen LogP contribution in [0.2, 0.25) is 0 Å². The summed E-state index contributed by atoms with van der Waals surface area (Å²) in [6.45, 7) is 9.17. The second-order valence-corrected chi connectivity index (χ2v) is 15.6. The number of nitrogens with zero attached hydrogens (tertiary/aromatic N) is 7. The van der Waals surface area contributed by atoms with E-state index in [0.29, 0.717) is 36.8 Å². The van der Waals surface area contributed by atoms with Crippen molar-refractivity contribution in [1.29, 1.82) is 0 Å². The largest absolute Gasteiger partial charge is 0.390 e. The first-order valence-corrected chi connectivity index (χ1v) is 20.0. The number of anilines is 1. The van der Waals surface area contributed by atoms with Crippen molar-refractivity contribution < 1.29 is 27.5 Å². The molecular weight excluding hydrogens is 754 g/mol. The topological polar surface area (TPSA) is 146 Å². The van der Waals surface area contributed by atoms with Crippen LogP contribution in [0.5, 0.6) is 0 Å². The summed E-state index contributed by atoms with van der Waals surface area (Å²) in [5.74, 6) is -0.569. The number of likely N-dealkylation sites (tertiary alicyclic amines) is 1. The number of fused-ring (bicyclic) bond motifs is 2. The monoisotopic (exact) mass is 802 g/mol. The molecule has 3 aliphatic rings. The molecule has 1 atom stereocenters. The number of aromatic nitrogens is 5. The summed E-state index contributed by atoms with van der Waals surface area (Å²) in [6, 6.07) is 14.3. The molecule has 3 saturated heterocycles. The molecule has 8 rings (SSSR count). The number of imidazole rings is 1. The first-order valence-electron chi connectivity index (χ1n) is 20.0. The number of carbonyl (C=O) groups is 2. The first-order chi connectivity index (χ1) is 28.0. The molecule has 2 aromatic carbocycles. The summed E-state index contributed by atoms with van der Waals surface area (Å²) in [7, 11) is 1.71. The fourth-order valence-electron chi connectivity index (χ4n) is 8.31. The second kappa shape index (κ2) is 17.0. The molecule has 14 nitrogen and oxygen atoms in total. The summed E-state index contributed by atoms with van der Waals surface area (Å²) in [5.41, 5.74) is 6.10. The van der Waals surface area contributed by atoms with Gasteiger partial charge in [-0.05, 0) is 48.1 Å². The van der Waals surface area contributed by atoms with E-state index < -0.39 is 24.5 Å². The minimum Gasteiger partial charge on any atom is -0.380 e. The standard InChI is InChI=1S/C41H49F3N10O4/c1-50-35-21-27(6-9-33(35)54(40(50)57)34-10-11-36(55)48-38(34)56)3-2-19-58-20-18-52-25-30(26-52)53-16-14-51(15-17-53)24-28-4-7-29(8-5-28)31-22-46-37-32(31)23-47-39(49-37)45-13-12-41(42,43)44/h4-9,21-23,30,34H,2-3,10-20,24-26H2,1H3,(H,48,55,56)(H2,45,46,47,49)/t34-/m0/s1. The summed E-state index contributed by atoms with van der Waals surface area (Å²) < 4.78 is 46.5. The van der Waals surface area contributed by atoms with Crippen LogP contribution in [0.25, 0.3) is 33.2 Å². The van der Waals surface area contributed by atoms with Gasteiger partial charge in [0.2, 0.25) is 17.8 Å². The number of hydrogen-bond acceptors (Lipinski definition) is 10. The van der Waals surface area contributed by atoms with E-state index in [9.17, 15) is 27.6 Å². The number of H-pyrrole nitrogens is 1. The third kappa shape index (κ3) is 8.97. The number of carbonyl (C=O) groups excluding carboxylic acids is 2. The number of aromatic amines is 1. The maximum atomic E-state index is 13.0. The molecule has 6 heterocycles. The van der Waals surface area contributed by atoms with Crippen LogP contribution < -0.4 is 16.3 Å². The van der Waals surface area contributed by atoms with Crippen LogP contribution in [0.1, 0.15) is 42.9 Å². The average molecular weight is 803 g/mol. The summed E-state index contributed by atoms with van der Waals surface area (Å²) >= 11 is 0. The van der Waals surface area contributed by atoms with E-state index in [2.05, 4.69) is 64.6 Å². The minimum atomic E-state index is -4.23. The van der Waals surface area contributed by atoms with Gasteiger partial charge in [-0.25, -0.2) is 9.78 Å². The smallest absolute Gasteiger partial charge is 0.380 e. The van der Waals surface area contributed by atoms with Crippen molar-refractivity contribution in [2.75, 3.05) is 70.9 Å². The Morgan fingerprint density at radius 3 is 2.48 bits per heavy atom. The molecule has 3 aliphatic heterocycles. The van der Waals surface area contributed by atoms with Crippen LogP contribution in [-0.4, -0.2) is 128 Å². The number of ether oxygens (including phenoxy) is 1. The van der Waals surface area contributed by atoms with E-state index in [1.807, 2.05) is 24.4 Å². The van der Waals surface area contributed by atoms with E-state index in [4.69, 9.17) is 4.74 Å². The molecule has 0 unspecified atom stereocenters. The Balaban J connectivity index is 0.712. The highest BCUT2D eigenvalue weighted by molar-refractivity contribution is 6.00. The number of benzene rings is 2. The predicted octanol–water partition coefficient (Wildman–Crippen LogP) is 4.07. The van der Waals surface area contributed by atoms with Gasteiger partial charge in [0.1, 0.15) is 11.7 Å². The van der Waals surface area contributed by atoms with Crippen molar-refractivity contribution in [3.8, 4) is 11.1 Å². The lowest BCUT2D eigenvalue weighted by molar-refractivity contribution is -0.136. The van der Waals surface area contributed by atoms with Crippen molar-refractivity contribution in [3.63, 3.8) is 0 Å². The lowest BCUT2D eigenvalue weighted by atomic mass is 10.0. The lowest BCUT2D eigenvalue weighted by Crippen LogP contribution is -2.63. The number of piperidine rings is 1. The molecule has 308 valence electrons. The number of halogens is 3. The average Bonchev–Trinajstić information content (AvgIpc) is 3.71. The van der Waals surface area contributed by atoms with Crippen LogP contribution >= 0.6 is 0 Å². The van der Waals surface area contributed by atoms with Gasteiger partial charge in [-0.3, -0.25) is 38.7 Å². The zero-order chi connectivity index (χ0) is 40.4. The van der Waals surface area contributed by atoms with Gasteiger partial charge in [0.25, 0.3) is 0 Å². The third-order valence-corrected chi connectivity index (χ3v) is 11.6. The van der Waals surface area contributed by atoms with Crippen molar-refractivity contribution in [3.05, 3.63) is 76.5 Å². The van der Waals surface area contributed by atoms with Gasteiger partial charge < -0.3 is 15.0 Å².